The summed E-state index contributed by atoms with van der Waals surface area (Å²) in [5.74, 6) is -97.9. The lowest BCUT2D eigenvalue weighted by molar-refractivity contribution is -0.587. The molecule has 1 atom stereocenters. The third-order valence-corrected chi connectivity index (χ3v) is 5.00. The van der Waals surface area contributed by atoms with Crippen LogP contribution in [0.4, 0.5) is 110 Å². The van der Waals surface area contributed by atoms with Gasteiger partial charge in [-0.25, -0.2) is 0 Å². The van der Waals surface area contributed by atoms with Crippen LogP contribution in [0.2, 0.25) is 0 Å². The second kappa shape index (κ2) is 8.17. The molecule has 1 heterocycles. The number of ether oxygens (including phenoxy) is 1. The van der Waals surface area contributed by atoms with Crippen LogP contribution in [0, 0.1) is 0 Å². The molecule has 0 saturated carbocycles. The Morgan fingerprint density at radius 3 is 0.950 bits per heavy atom. The minimum atomic E-state index is -9.56. The summed E-state index contributed by atoms with van der Waals surface area (Å²) in [4.78, 5) is 0. The van der Waals surface area contributed by atoms with Gasteiger partial charge in [0.2, 0.25) is 0 Å². The van der Waals surface area contributed by atoms with Crippen molar-refractivity contribution in [3.63, 3.8) is 0 Å². The maximum atomic E-state index is 13.9. The predicted octanol–water partition coefficient (Wildman–Crippen LogP) is 7.21. The zero-order chi connectivity index (χ0) is 33.2. The van der Waals surface area contributed by atoms with E-state index in [0.717, 1.165) is 0 Å². The summed E-state index contributed by atoms with van der Waals surface area (Å²) in [6, 6.07) is 0. The van der Waals surface area contributed by atoms with Crippen LogP contribution in [0.15, 0.2) is 0 Å². The van der Waals surface area contributed by atoms with Crippen molar-refractivity contribution in [2.24, 2.45) is 0 Å². The molecular weight excluding hydrogens is 663 g/mol. The van der Waals surface area contributed by atoms with Gasteiger partial charge in [0.15, 0.2) is 0 Å². The molecule has 1 saturated heterocycles. The highest BCUT2D eigenvalue weighted by molar-refractivity contribution is 5.22. The monoisotopic (exact) mass is 664 g/mol. The quantitative estimate of drug-likeness (QED) is 0.292. The molecule has 0 aliphatic carbocycles. The summed E-state index contributed by atoms with van der Waals surface area (Å²) in [7, 11) is 0. The predicted molar refractivity (Wildman–Crippen MR) is 66.5 cm³/mol. The van der Waals surface area contributed by atoms with Gasteiger partial charge in [0.1, 0.15) is 0 Å². The van der Waals surface area contributed by atoms with Crippen molar-refractivity contribution in [2.45, 2.75) is 77.3 Å². The number of halogens is 25. The minimum absolute atomic E-state index is 1.37. The molecule has 1 aliphatic rings. The van der Waals surface area contributed by atoms with E-state index < -0.39 is 77.3 Å². The van der Waals surface area contributed by atoms with Crippen molar-refractivity contribution in [3.8, 4) is 0 Å². The van der Waals surface area contributed by atoms with Crippen LogP contribution in [-0.4, -0.2) is 82.4 Å². The molecule has 0 aromatic rings. The molecule has 0 aromatic carbocycles. The average molecular weight is 664 g/mol. The van der Waals surface area contributed by atoms with Gasteiger partial charge in [0.25, 0.3) is 0 Å². The Morgan fingerprint density at radius 2 is 0.650 bits per heavy atom. The summed E-state index contributed by atoms with van der Waals surface area (Å²) in [5.41, 5.74) is 0. The third kappa shape index (κ3) is 3.56. The van der Waals surface area contributed by atoms with E-state index in [1.165, 1.54) is 4.74 Å². The molecule has 0 radical (unpaired) electrons. The fourth-order valence-corrected chi connectivity index (χ4v) is 2.54. The molecule has 1 N–H and O–H groups in total. The molecule has 0 spiro atoms. The van der Waals surface area contributed by atoms with Gasteiger partial charge in [-0.3, -0.25) is 4.74 Å². The van der Waals surface area contributed by atoms with Gasteiger partial charge in [0.05, 0.1) is 0 Å². The lowest BCUT2D eigenvalue weighted by Crippen LogP contribution is -2.85. The Kier molecular flexibility index (Phi) is 7.39. The third-order valence-electron chi connectivity index (χ3n) is 5.00. The number of alkyl halides is 25. The highest BCUT2D eigenvalue weighted by Gasteiger charge is 3.02. The van der Waals surface area contributed by atoms with E-state index in [1.54, 1.807) is 0 Å². The van der Waals surface area contributed by atoms with Crippen molar-refractivity contribution >= 4 is 0 Å². The standard InChI is InChI=1S/C13HF25O2/c14-1(15,3(18,19)5(22,23)9(30,31)12(34,35)36)2(16,17)4(20,21)7(26,27)11(39)8(28,29)6(24,25)10(32,33)13(37,38)40-11/h39H. The van der Waals surface area contributed by atoms with E-state index in [2.05, 4.69) is 0 Å². The first-order valence-corrected chi connectivity index (χ1v) is 8.36. The molecule has 27 heteroatoms. The first kappa shape index (κ1) is 36.2. The van der Waals surface area contributed by atoms with Crippen LogP contribution in [0.5, 0.6) is 0 Å². The van der Waals surface area contributed by atoms with E-state index in [9.17, 15) is 110 Å². The fourth-order valence-electron chi connectivity index (χ4n) is 2.54. The minimum Gasteiger partial charge on any atom is -0.356 e. The SMILES string of the molecule is OC1(C(F)(F)C(F)(F)C(F)(F)C(F)(F)C(F)(F)C(F)(F)C(F)(F)C(F)(F)F)OC(F)(F)C(F)(F)C(F)(F)C1(F)F. The number of rotatable bonds is 7. The topological polar surface area (TPSA) is 29.5 Å². The van der Waals surface area contributed by atoms with Gasteiger partial charge in [-0.05, 0) is 0 Å². The van der Waals surface area contributed by atoms with Gasteiger partial charge >= 0.3 is 77.3 Å². The lowest BCUT2D eigenvalue weighted by atomic mass is 9.81. The summed E-state index contributed by atoms with van der Waals surface area (Å²) < 4.78 is 331. The zero-order valence-electron chi connectivity index (χ0n) is 16.8. The lowest BCUT2D eigenvalue weighted by Gasteiger charge is -2.53. The Hall–Kier alpha value is -1.83. The van der Waals surface area contributed by atoms with Crippen molar-refractivity contribution in [3.05, 3.63) is 0 Å². The molecule has 0 bridgehead atoms. The zero-order valence-corrected chi connectivity index (χ0v) is 16.8. The second-order valence-electron chi connectivity index (χ2n) is 7.50. The molecule has 1 fully saturated rings. The number of aliphatic hydroxyl groups is 1. The summed E-state index contributed by atoms with van der Waals surface area (Å²) in [5, 5.41) is 8.72. The van der Waals surface area contributed by atoms with Gasteiger partial charge < -0.3 is 5.11 Å². The van der Waals surface area contributed by atoms with Gasteiger partial charge in [-0.2, -0.15) is 110 Å². The van der Waals surface area contributed by atoms with E-state index in [-0.39, 0.29) is 0 Å². The molecule has 1 aliphatic heterocycles. The van der Waals surface area contributed by atoms with Gasteiger partial charge in [0, 0.05) is 0 Å². The molecular formula is C13HF25O2. The van der Waals surface area contributed by atoms with Crippen molar-refractivity contribution in [1.82, 2.24) is 0 Å². The highest BCUT2D eigenvalue weighted by Crippen LogP contribution is 2.70. The molecule has 1 rings (SSSR count). The molecule has 0 amide bonds. The molecule has 40 heavy (non-hydrogen) atoms. The van der Waals surface area contributed by atoms with Crippen molar-refractivity contribution in [2.75, 3.05) is 0 Å². The average Bonchev–Trinajstić information content (AvgIpc) is 2.70. The molecule has 0 aromatic heterocycles. The maximum absolute atomic E-state index is 13.9. The summed E-state index contributed by atoms with van der Waals surface area (Å²) in [6.07, 6.45) is -16.0. The second-order valence-corrected chi connectivity index (χ2v) is 7.50. The summed E-state index contributed by atoms with van der Waals surface area (Å²) in [6.45, 7) is 0. The Bertz CT molecular complexity index is 989. The van der Waals surface area contributed by atoms with Crippen LogP contribution < -0.4 is 0 Å². The highest BCUT2D eigenvalue weighted by atomic mass is 19.4. The van der Waals surface area contributed by atoms with Crippen LogP contribution in [0.25, 0.3) is 0 Å². The Balaban J connectivity index is 4.01. The Labute approximate surface area is 198 Å². The van der Waals surface area contributed by atoms with Crippen LogP contribution >= 0.6 is 0 Å². The van der Waals surface area contributed by atoms with Gasteiger partial charge in [-0.15, -0.1) is 0 Å². The van der Waals surface area contributed by atoms with E-state index in [0.29, 0.717) is 0 Å². The van der Waals surface area contributed by atoms with Crippen LogP contribution in [-0.2, 0) is 4.74 Å². The number of hydrogen-bond acceptors (Lipinski definition) is 2. The van der Waals surface area contributed by atoms with Crippen LogP contribution in [0.3, 0.4) is 0 Å². The van der Waals surface area contributed by atoms with Crippen molar-refractivity contribution < 1.29 is 120 Å². The largest absolute Gasteiger partial charge is 0.460 e. The molecule has 1 unspecified atom stereocenters. The van der Waals surface area contributed by atoms with Crippen molar-refractivity contribution in [1.29, 1.82) is 0 Å². The van der Waals surface area contributed by atoms with E-state index >= 15 is 0 Å². The first-order valence-electron chi connectivity index (χ1n) is 8.36. The van der Waals surface area contributed by atoms with E-state index in [1.807, 2.05) is 0 Å². The smallest absolute Gasteiger partial charge is 0.356 e. The Morgan fingerprint density at radius 1 is 0.375 bits per heavy atom. The summed E-state index contributed by atoms with van der Waals surface area (Å²) >= 11 is 0. The maximum Gasteiger partial charge on any atom is 0.460 e. The fraction of sp³-hybridized carbons (Fsp3) is 1.00. The molecule has 2 nitrogen and oxygen atoms in total. The number of hydrogen-bond donors (Lipinski definition) is 1. The van der Waals surface area contributed by atoms with Gasteiger partial charge in [-0.1, -0.05) is 0 Å². The normalized spacial score (nSPS) is 26.6. The molecule has 240 valence electrons. The van der Waals surface area contributed by atoms with E-state index in [4.69, 9.17) is 5.11 Å². The van der Waals surface area contributed by atoms with Crippen LogP contribution in [0.1, 0.15) is 0 Å². The first-order chi connectivity index (χ1) is 16.7.